The van der Waals surface area contributed by atoms with Crippen molar-refractivity contribution in [1.29, 1.82) is 5.26 Å². The highest BCUT2D eigenvalue weighted by molar-refractivity contribution is 6.02. The number of carbonyl (C=O) groups excluding carboxylic acids is 2. The molecule has 10 heteroatoms. The lowest BCUT2D eigenvalue weighted by atomic mass is 9.88. The van der Waals surface area contributed by atoms with Crippen LogP contribution in [-0.2, 0) is 4.79 Å². The van der Waals surface area contributed by atoms with Crippen LogP contribution in [0.3, 0.4) is 0 Å². The van der Waals surface area contributed by atoms with Crippen LogP contribution in [0.5, 0.6) is 0 Å². The van der Waals surface area contributed by atoms with Crippen molar-refractivity contribution in [2.45, 2.75) is 38.6 Å². The first-order valence-corrected chi connectivity index (χ1v) is 11.8. The molecule has 0 radical (unpaired) electrons. The van der Waals surface area contributed by atoms with Gasteiger partial charge in [-0.05, 0) is 49.3 Å². The average molecular weight is 476 g/mol. The van der Waals surface area contributed by atoms with Gasteiger partial charge in [-0.15, -0.1) is 0 Å². The van der Waals surface area contributed by atoms with Crippen molar-refractivity contribution in [3.05, 3.63) is 48.3 Å². The number of halogens is 1. The molecular weight excluding hydrogens is 449 g/mol. The molecule has 5 rings (SSSR count). The van der Waals surface area contributed by atoms with Gasteiger partial charge in [-0.1, -0.05) is 6.92 Å². The smallest absolute Gasteiger partial charge is 0.252 e. The Labute approximate surface area is 201 Å². The van der Waals surface area contributed by atoms with E-state index in [9.17, 15) is 19.2 Å². The molecule has 1 aliphatic carbocycles. The third-order valence-corrected chi connectivity index (χ3v) is 7.21. The predicted molar refractivity (Wildman–Crippen MR) is 127 cm³/mol. The van der Waals surface area contributed by atoms with Crippen molar-refractivity contribution in [2.75, 3.05) is 18.4 Å². The summed E-state index contributed by atoms with van der Waals surface area (Å²) in [5, 5.41) is 17.3. The van der Waals surface area contributed by atoms with Gasteiger partial charge in [-0.3, -0.25) is 9.59 Å². The van der Waals surface area contributed by atoms with Crippen molar-refractivity contribution < 1.29 is 14.0 Å². The maximum Gasteiger partial charge on any atom is 0.252 e. The van der Waals surface area contributed by atoms with Crippen LogP contribution in [-0.4, -0.2) is 50.4 Å². The summed E-state index contributed by atoms with van der Waals surface area (Å²) < 4.78 is 15.3. The number of anilines is 1. The molecule has 2 aliphatic rings. The first kappa shape index (κ1) is 22.8. The number of hydrogen-bond acceptors (Lipinski definition) is 6. The number of nitrogens with two attached hydrogens (primary N) is 1. The van der Waals surface area contributed by atoms with E-state index in [0.29, 0.717) is 49.1 Å². The molecule has 2 fully saturated rings. The van der Waals surface area contributed by atoms with Gasteiger partial charge >= 0.3 is 0 Å². The Morgan fingerprint density at radius 3 is 2.80 bits per heavy atom. The predicted octanol–water partition coefficient (Wildman–Crippen LogP) is 2.98. The number of carbonyl (C=O) groups is 2. The van der Waals surface area contributed by atoms with Gasteiger partial charge in [0.05, 0.1) is 29.0 Å². The maximum absolute atomic E-state index is 13.7. The Bertz CT molecular complexity index is 1360. The highest BCUT2D eigenvalue weighted by atomic mass is 19.1. The van der Waals surface area contributed by atoms with Crippen LogP contribution in [0, 0.1) is 28.6 Å². The van der Waals surface area contributed by atoms with E-state index in [0.717, 1.165) is 12.0 Å². The first-order valence-electron chi connectivity index (χ1n) is 11.8. The standard InChI is InChI=1S/C25H26FN7O2/c1-2-15-12-32(24(35)25(14-27)5-6-25)8-4-19(15)31-22-18(23(28)34)11-30-33-13-17(9-20(22)33)16-3-7-29-21(26)10-16/h3,7,9-11,13,15,19,31H,2,4-6,8,12H2,1H3,(H2,28,34)/t15-,19-/m1/s1. The average Bonchev–Trinajstić information content (AvgIpc) is 3.54. The number of likely N-dealkylation sites (tertiary alicyclic amines) is 1. The number of primary amides is 1. The Morgan fingerprint density at radius 2 is 2.14 bits per heavy atom. The van der Waals surface area contributed by atoms with Crippen molar-refractivity contribution in [3.63, 3.8) is 0 Å². The van der Waals surface area contributed by atoms with Crippen LogP contribution in [0.15, 0.2) is 36.8 Å². The van der Waals surface area contributed by atoms with Crippen LogP contribution in [0.1, 0.15) is 43.0 Å². The molecular formula is C25H26FN7O2. The molecule has 0 aromatic carbocycles. The van der Waals surface area contributed by atoms with Gasteiger partial charge in [0.15, 0.2) is 0 Å². The number of nitrogens with zero attached hydrogens (tertiary/aromatic N) is 5. The molecule has 3 aromatic rings. The van der Waals surface area contributed by atoms with Crippen LogP contribution in [0.2, 0.25) is 0 Å². The van der Waals surface area contributed by atoms with Gasteiger partial charge in [-0.2, -0.15) is 14.8 Å². The third kappa shape index (κ3) is 4.07. The number of nitrogens with one attached hydrogen (secondary N) is 1. The largest absolute Gasteiger partial charge is 0.379 e. The molecule has 0 spiro atoms. The second kappa shape index (κ2) is 8.65. The third-order valence-electron chi connectivity index (χ3n) is 7.21. The van der Waals surface area contributed by atoms with Gasteiger partial charge < -0.3 is 16.0 Å². The van der Waals surface area contributed by atoms with E-state index in [1.54, 1.807) is 16.8 Å². The normalized spacial score (nSPS) is 20.9. The fraction of sp³-hybridized carbons (Fsp3) is 0.400. The number of rotatable bonds is 6. The minimum atomic E-state index is -0.830. The lowest BCUT2D eigenvalue weighted by molar-refractivity contribution is -0.137. The molecule has 180 valence electrons. The second-order valence-electron chi connectivity index (χ2n) is 9.38. The van der Waals surface area contributed by atoms with Crippen LogP contribution >= 0.6 is 0 Å². The quantitative estimate of drug-likeness (QED) is 0.527. The lowest BCUT2D eigenvalue weighted by Gasteiger charge is -2.40. The highest BCUT2D eigenvalue weighted by Gasteiger charge is 2.53. The monoisotopic (exact) mass is 475 g/mol. The summed E-state index contributed by atoms with van der Waals surface area (Å²) in [5.74, 6) is -1.13. The van der Waals surface area contributed by atoms with Gasteiger partial charge in [-0.25, -0.2) is 9.50 Å². The zero-order valence-corrected chi connectivity index (χ0v) is 19.4. The number of hydrogen-bond donors (Lipinski definition) is 2. The molecule has 1 saturated carbocycles. The van der Waals surface area contributed by atoms with Crippen LogP contribution in [0.25, 0.3) is 16.6 Å². The number of amides is 2. The van der Waals surface area contributed by atoms with E-state index >= 15 is 0 Å². The number of aromatic nitrogens is 3. The van der Waals surface area contributed by atoms with E-state index in [1.165, 1.54) is 18.5 Å². The van der Waals surface area contributed by atoms with E-state index in [1.807, 2.05) is 11.0 Å². The minimum Gasteiger partial charge on any atom is -0.379 e. The molecule has 9 nitrogen and oxygen atoms in total. The van der Waals surface area contributed by atoms with Crippen molar-refractivity contribution in [2.24, 2.45) is 17.1 Å². The highest BCUT2D eigenvalue weighted by Crippen LogP contribution is 2.47. The minimum absolute atomic E-state index is 0.0118. The summed E-state index contributed by atoms with van der Waals surface area (Å²) in [6.07, 6.45) is 7.33. The van der Waals surface area contributed by atoms with Gasteiger partial charge in [0, 0.05) is 43.2 Å². The summed E-state index contributed by atoms with van der Waals surface area (Å²) in [7, 11) is 0. The van der Waals surface area contributed by atoms with Gasteiger partial charge in [0.1, 0.15) is 5.41 Å². The van der Waals surface area contributed by atoms with Gasteiger partial charge in [0.2, 0.25) is 11.9 Å². The first-order chi connectivity index (χ1) is 16.8. The number of nitriles is 1. The van der Waals surface area contributed by atoms with Crippen molar-refractivity contribution in [1.82, 2.24) is 19.5 Å². The second-order valence-corrected chi connectivity index (χ2v) is 9.38. The fourth-order valence-electron chi connectivity index (χ4n) is 4.94. The Hall–Kier alpha value is -4.00. The van der Waals surface area contributed by atoms with Crippen LogP contribution < -0.4 is 11.1 Å². The topological polar surface area (TPSA) is 129 Å². The Kier molecular flexibility index (Phi) is 5.63. The number of fused-ring (bicyclic) bond motifs is 1. The molecule has 35 heavy (non-hydrogen) atoms. The van der Waals surface area contributed by atoms with Crippen molar-refractivity contribution >= 4 is 23.0 Å². The fourth-order valence-corrected chi connectivity index (χ4v) is 4.94. The molecule has 3 N–H and O–H groups in total. The summed E-state index contributed by atoms with van der Waals surface area (Å²) in [6.45, 7) is 3.15. The van der Waals surface area contributed by atoms with E-state index in [2.05, 4.69) is 28.4 Å². The molecule has 0 bridgehead atoms. The summed E-state index contributed by atoms with van der Waals surface area (Å²) >= 11 is 0. The summed E-state index contributed by atoms with van der Waals surface area (Å²) in [4.78, 5) is 30.6. The number of piperidine rings is 1. The molecule has 2 amide bonds. The van der Waals surface area contributed by atoms with E-state index in [-0.39, 0.29) is 23.4 Å². The van der Waals surface area contributed by atoms with Crippen molar-refractivity contribution in [3.8, 4) is 17.2 Å². The molecule has 1 saturated heterocycles. The maximum atomic E-state index is 13.7. The summed E-state index contributed by atoms with van der Waals surface area (Å²) in [6, 6.07) is 7.06. The molecule has 0 unspecified atom stereocenters. The molecule has 3 aromatic heterocycles. The van der Waals surface area contributed by atoms with E-state index in [4.69, 9.17) is 5.73 Å². The zero-order chi connectivity index (χ0) is 24.7. The number of pyridine rings is 1. The van der Waals surface area contributed by atoms with Gasteiger partial charge in [0.25, 0.3) is 5.91 Å². The molecule has 4 heterocycles. The zero-order valence-electron chi connectivity index (χ0n) is 19.4. The SMILES string of the molecule is CC[C@@H]1CN(C(=O)C2(C#N)CC2)CC[C@H]1Nc1c(C(N)=O)cnn2cc(-c3ccnc(F)c3)cc12. The molecule has 2 atom stereocenters. The van der Waals surface area contributed by atoms with E-state index < -0.39 is 17.3 Å². The molecule has 1 aliphatic heterocycles. The van der Waals surface area contributed by atoms with Crippen LogP contribution in [0.4, 0.5) is 10.1 Å². The lowest BCUT2D eigenvalue weighted by Crippen LogP contribution is -2.50. The Balaban J connectivity index is 1.45. The summed E-state index contributed by atoms with van der Waals surface area (Å²) in [5.41, 5.74) is 7.68. The Morgan fingerprint density at radius 1 is 1.34 bits per heavy atom.